The first-order valence-corrected chi connectivity index (χ1v) is 10.2. The van der Waals surface area contributed by atoms with E-state index in [1.807, 2.05) is 24.3 Å². The largest absolute Gasteiger partial charge is 0.497 e. The number of carbonyl (C=O) groups is 1. The number of amides is 1. The molecular weight excluding hydrogens is 340 g/mol. The number of aromatic nitrogens is 1. The van der Waals surface area contributed by atoms with Crippen LogP contribution in [0.2, 0.25) is 0 Å². The van der Waals surface area contributed by atoms with Gasteiger partial charge >= 0.3 is 0 Å². The molecule has 3 rings (SSSR count). The lowest BCUT2D eigenvalue weighted by Gasteiger charge is -2.11. The quantitative estimate of drug-likeness (QED) is 0.805. The van der Waals surface area contributed by atoms with E-state index in [9.17, 15) is 4.79 Å². The highest BCUT2D eigenvalue weighted by atomic mass is 32.2. The van der Waals surface area contributed by atoms with Crippen molar-refractivity contribution in [3.05, 3.63) is 35.3 Å². The third kappa shape index (κ3) is 4.74. The summed E-state index contributed by atoms with van der Waals surface area (Å²) in [7, 11) is 1.67. The van der Waals surface area contributed by atoms with E-state index in [2.05, 4.69) is 15.7 Å². The average molecular weight is 363 g/mol. The SMILES string of the molecule is COc1cccc(-c2nc(CSCC(=O)NC3CCCC3)cs2)c1. The van der Waals surface area contributed by atoms with Gasteiger partial charge in [0.1, 0.15) is 10.8 Å². The molecule has 24 heavy (non-hydrogen) atoms. The summed E-state index contributed by atoms with van der Waals surface area (Å²) in [6.45, 7) is 0. The van der Waals surface area contributed by atoms with Crippen LogP contribution in [0.25, 0.3) is 10.6 Å². The molecule has 0 radical (unpaired) electrons. The maximum atomic E-state index is 11.9. The Morgan fingerprint density at radius 3 is 3.04 bits per heavy atom. The highest BCUT2D eigenvalue weighted by Crippen LogP contribution is 2.28. The average Bonchev–Trinajstić information content (AvgIpc) is 3.27. The molecule has 1 aromatic heterocycles. The van der Waals surface area contributed by atoms with Crippen LogP contribution in [0.4, 0.5) is 0 Å². The van der Waals surface area contributed by atoms with Gasteiger partial charge in [0.05, 0.1) is 18.6 Å². The number of nitrogens with one attached hydrogen (secondary N) is 1. The van der Waals surface area contributed by atoms with Crippen molar-refractivity contribution in [2.24, 2.45) is 0 Å². The number of hydrogen-bond acceptors (Lipinski definition) is 5. The monoisotopic (exact) mass is 362 g/mol. The highest BCUT2D eigenvalue weighted by Gasteiger charge is 2.17. The smallest absolute Gasteiger partial charge is 0.230 e. The van der Waals surface area contributed by atoms with Crippen molar-refractivity contribution in [3.63, 3.8) is 0 Å². The summed E-state index contributed by atoms with van der Waals surface area (Å²) in [4.78, 5) is 16.6. The first-order valence-electron chi connectivity index (χ1n) is 8.20. The summed E-state index contributed by atoms with van der Waals surface area (Å²) in [5.74, 6) is 2.25. The fourth-order valence-electron chi connectivity index (χ4n) is 2.85. The summed E-state index contributed by atoms with van der Waals surface area (Å²) >= 11 is 3.25. The molecule has 1 heterocycles. The van der Waals surface area contributed by atoms with E-state index in [0.717, 1.165) is 40.6 Å². The summed E-state index contributed by atoms with van der Waals surface area (Å²) < 4.78 is 5.26. The van der Waals surface area contributed by atoms with Crippen molar-refractivity contribution in [3.8, 4) is 16.3 Å². The van der Waals surface area contributed by atoms with Crippen molar-refractivity contribution < 1.29 is 9.53 Å². The number of thioether (sulfide) groups is 1. The van der Waals surface area contributed by atoms with Crippen LogP contribution < -0.4 is 10.1 Å². The van der Waals surface area contributed by atoms with E-state index in [1.165, 1.54) is 12.8 Å². The minimum absolute atomic E-state index is 0.148. The molecule has 1 aromatic carbocycles. The molecule has 1 saturated carbocycles. The van der Waals surface area contributed by atoms with E-state index in [0.29, 0.717) is 11.8 Å². The second kappa shape index (κ2) is 8.53. The molecule has 0 spiro atoms. The zero-order valence-electron chi connectivity index (χ0n) is 13.8. The predicted molar refractivity (Wildman–Crippen MR) is 101 cm³/mol. The van der Waals surface area contributed by atoms with Gasteiger partial charge in [-0.25, -0.2) is 4.98 Å². The lowest BCUT2D eigenvalue weighted by atomic mass is 10.2. The van der Waals surface area contributed by atoms with Gasteiger partial charge in [0.25, 0.3) is 0 Å². The number of benzene rings is 1. The number of hydrogen-bond donors (Lipinski definition) is 1. The third-order valence-electron chi connectivity index (χ3n) is 4.07. The molecule has 0 aliphatic heterocycles. The van der Waals surface area contributed by atoms with Crippen molar-refractivity contribution in [2.45, 2.75) is 37.5 Å². The lowest BCUT2D eigenvalue weighted by Crippen LogP contribution is -2.33. The molecule has 128 valence electrons. The van der Waals surface area contributed by atoms with Gasteiger partial charge in [-0.05, 0) is 25.0 Å². The number of rotatable bonds is 7. The third-order valence-corrected chi connectivity index (χ3v) is 5.98. The number of carbonyl (C=O) groups excluding carboxylic acids is 1. The molecule has 2 aromatic rings. The Balaban J connectivity index is 1.48. The molecule has 0 unspecified atom stereocenters. The van der Waals surface area contributed by atoms with E-state index >= 15 is 0 Å². The van der Waals surface area contributed by atoms with Gasteiger partial charge in [-0.15, -0.1) is 23.1 Å². The fraction of sp³-hybridized carbons (Fsp3) is 0.444. The Labute approximate surface area is 151 Å². The Bertz CT molecular complexity index is 681. The minimum atomic E-state index is 0.148. The van der Waals surface area contributed by atoms with E-state index < -0.39 is 0 Å². The van der Waals surface area contributed by atoms with Crippen molar-refractivity contribution in [1.82, 2.24) is 10.3 Å². The molecule has 0 saturated heterocycles. The topological polar surface area (TPSA) is 51.2 Å². The van der Waals surface area contributed by atoms with E-state index in [1.54, 1.807) is 30.2 Å². The van der Waals surface area contributed by atoms with Gasteiger partial charge in [-0.1, -0.05) is 25.0 Å². The number of nitrogens with zero attached hydrogens (tertiary/aromatic N) is 1. The lowest BCUT2D eigenvalue weighted by molar-refractivity contribution is -0.119. The molecular formula is C18H22N2O2S2. The number of thiazole rings is 1. The second-order valence-corrected chi connectivity index (χ2v) is 7.76. The maximum Gasteiger partial charge on any atom is 0.230 e. The van der Waals surface area contributed by atoms with Gasteiger partial charge in [0.15, 0.2) is 0 Å². The molecule has 1 aliphatic rings. The van der Waals surface area contributed by atoms with Crippen LogP contribution in [0.3, 0.4) is 0 Å². The standard InChI is InChI=1S/C18H22N2O2S2/c1-22-16-8-4-5-13(9-16)18-20-15(11-24-18)10-23-12-17(21)19-14-6-2-3-7-14/h4-5,8-9,11,14H,2-3,6-7,10,12H2,1H3,(H,19,21). The van der Waals surface area contributed by atoms with Crippen LogP contribution >= 0.6 is 23.1 Å². The maximum absolute atomic E-state index is 11.9. The van der Waals surface area contributed by atoms with Gasteiger partial charge < -0.3 is 10.1 Å². The van der Waals surface area contributed by atoms with Crippen LogP contribution in [0.15, 0.2) is 29.6 Å². The summed E-state index contributed by atoms with van der Waals surface area (Å²) in [5.41, 5.74) is 2.09. The molecule has 0 atom stereocenters. The zero-order valence-corrected chi connectivity index (χ0v) is 15.4. The van der Waals surface area contributed by atoms with E-state index in [-0.39, 0.29) is 5.91 Å². The van der Waals surface area contributed by atoms with Crippen LogP contribution in [0.1, 0.15) is 31.4 Å². The second-order valence-electron chi connectivity index (χ2n) is 5.92. The fourth-order valence-corrected chi connectivity index (χ4v) is 4.50. The summed E-state index contributed by atoms with van der Waals surface area (Å²) in [6, 6.07) is 8.32. The number of methoxy groups -OCH3 is 1. The minimum Gasteiger partial charge on any atom is -0.497 e. The molecule has 6 heteroatoms. The molecule has 1 amide bonds. The Morgan fingerprint density at radius 2 is 2.25 bits per heavy atom. The van der Waals surface area contributed by atoms with Crippen molar-refractivity contribution in [1.29, 1.82) is 0 Å². The van der Waals surface area contributed by atoms with E-state index in [4.69, 9.17) is 4.74 Å². The molecule has 0 bridgehead atoms. The van der Waals surface area contributed by atoms with Gasteiger partial charge in [0, 0.05) is 22.7 Å². The van der Waals surface area contributed by atoms with Gasteiger partial charge in [-0.3, -0.25) is 4.79 Å². The Kier molecular flexibility index (Phi) is 6.15. The molecule has 4 nitrogen and oxygen atoms in total. The van der Waals surface area contributed by atoms with Gasteiger partial charge in [0.2, 0.25) is 5.91 Å². The zero-order chi connectivity index (χ0) is 16.8. The summed E-state index contributed by atoms with van der Waals surface area (Å²) in [5, 5.41) is 6.17. The van der Waals surface area contributed by atoms with Crippen molar-refractivity contribution >= 4 is 29.0 Å². The molecule has 1 N–H and O–H groups in total. The Morgan fingerprint density at radius 1 is 1.42 bits per heavy atom. The van der Waals surface area contributed by atoms with Crippen LogP contribution in [-0.4, -0.2) is 29.8 Å². The van der Waals surface area contributed by atoms with Crippen LogP contribution in [0.5, 0.6) is 5.75 Å². The van der Waals surface area contributed by atoms with Crippen LogP contribution in [-0.2, 0) is 10.5 Å². The number of ether oxygens (including phenoxy) is 1. The predicted octanol–water partition coefficient (Wildman–Crippen LogP) is 4.11. The first kappa shape index (κ1) is 17.3. The summed E-state index contributed by atoms with van der Waals surface area (Å²) in [6.07, 6.45) is 4.74. The normalized spacial score (nSPS) is 14.7. The Hall–Kier alpha value is -1.53. The molecule has 1 fully saturated rings. The molecule has 1 aliphatic carbocycles. The van der Waals surface area contributed by atoms with Crippen molar-refractivity contribution in [2.75, 3.05) is 12.9 Å². The van der Waals surface area contributed by atoms with Crippen LogP contribution in [0, 0.1) is 0 Å². The van der Waals surface area contributed by atoms with Gasteiger partial charge in [-0.2, -0.15) is 0 Å². The first-order chi connectivity index (χ1) is 11.7. The highest BCUT2D eigenvalue weighted by molar-refractivity contribution is 7.99.